The molecule has 10 heteroatoms. The van der Waals surface area contributed by atoms with Gasteiger partial charge in [0.05, 0.1) is 24.8 Å². The smallest absolute Gasteiger partial charge is 0.344 e. The third kappa shape index (κ3) is 6.07. The van der Waals surface area contributed by atoms with Gasteiger partial charge in [-0.15, -0.1) is 0 Å². The number of benzene rings is 3. The molecule has 1 atom stereocenters. The molecule has 0 saturated carbocycles. The van der Waals surface area contributed by atoms with Crippen LogP contribution >= 0.6 is 11.8 Å². The SMILES string of the molecule is COc1ccc(N=C2S/C(=C\c3cccc(OC)c3O[C@H](C)C(=O)O)C(=O)N2CCc2c[nH]c3ccccc23)cc1. The van der Waals surface area contributed by atoms with Crippen LogP contribution in [0.2, 0.25) is 0 Å². The van der Waals surface area contributed by atoms with Gasteiger partial charge in [-0.1, -0.05) is 30.3 Å². The van der Waals surface area contributed by atoms with Crippen molar-refractivity contribution in [3.05, 3.63) is 89.0 Å². The van der Waals surface area contributed by atoms with Crippen LogP contribution in [0.4, 0.5) is 5.69 Å². The molecule has 0 radical (unpaired) electrons. The van der Waals surface area contributed by atoms with Crippen LogP contribution in [0.5, 0.6) is 17.2 Å². The molecule has 0 spiro atoms. The summed E-state index contributed by atoms with van der Waals surface area (Å²) < 4.78 is 16.4. The number of methoxy groups -OCH3 is 2. The van der Waals surface area contributed by atoms with Crippen LogP contribution in [-0.2, 0) is 16.0 Å². The van der Waals surface area contributed by atoms with Crippen molar-refractivity contribution in [2.24, 2.45) is 4.99 Å². The van der Waals surface area contributed by atoms with E-state index in [-0.39, 0.29) is 11.7 Å². The topological polar surface area (TPSA) is 113 Å². The van der Waals surface area contributed by atoms with Crippen molar-refractivity contribution < 1.29 is 28.9 Å². The molecule has 4 aromatic rings. The number of carboxylic acid groups (broad SMARTS) is 1. The predicted octanol–water partition coefficient (Wildman–Crippen LogP) is 5.88. The van der Waals surface area contributed by atoms with Gasteiger partial charge < -0.3 is 24.3 Å². The monoisotopic (exact) mass is 571 g/mol. The van der Waals surface area contributed by atoms with Crippen LogP contribution in [0.3, 0.4) is 0 Å². The lowest BCUT2D eigenvalue weighted by molar-refractivity contribution is -0.144. The molecule has 1 saturated heterocycles. The van der Waals surface area contributed by atoms with Gasteiger partial charge in [0.2, 0.25) is 0 Å². The van der Waals surface area contributed by atoms with Gasteiger partial charge in [-0.05, 0) is 73.1 Å². The number of amides is 1. The first-order valence-electron chi connectivity index (χ1n) is 12.9. The van der Waals surface area contributed by atoms with Gasteiger partial charge in [-0.3, -0.25) is 9.69 Å². The summed E-state index contributed by atoms with van der Waals surface area (Å²) in [4.78, 5) is 35.5. The first-order chi connectivity index (χ1) is 19.9. The second-order valence-electron chi connectivity index (χ2n) is 9.25. The maximum Gasteiger partial charge on any atom is 0.344 e. The van der Waals surface area contributed by atoms with Gasteiger partial charge in [-0.25, -0.2) is 9.79 Å². The van der Waals surface area contributed by atoms with Gasteiger partial charge >= 0.3 is 5.97 Å². The predicted molar refractivity (Wildman–Crippen MR) is 160 cm³/mol. The molecule has 5 rings (SSSR count). The summed E-state index contributed by atoms with van der Waals surface area (Å²) in [5.74, 6) is 0.00488. The van der Waals surface area contributed by atoms with Crippen LogP contribution < -0.4 is 14.2 Å². The van der Waals surface area contributed by atoms with Crippen LogP contribution in [0, 0.1) is 0 Å². The van der Waals surface area contributed by atoms with E-state index in [1.54, 1.807) is 36.3 Å². The number of thioether (sulfide) groups is 1. The number of H-pyrrole nitrogens is 1. The number of aliphatic imine (C=N–C) groups is 1. The molecule has 9 nitrogen and oxygen atoms in total. The zero-order valence-corrected chi connectivity index (χ0v) is 23.6. The lowest BCUT2D eigenvalue weighted by Gasteiger charge is -2.16. The zero-order chi connectivity index (χ0) is 28.9. The Hall–Kier alpha value is -4.70. The number of aliphatic carboxylic acids is 1. The number of carboxylic acids is 1. The van der Waals surface area contributed by atoms with Crippen LogP contribution in [0.25, 0.3) is 17.0 Å². The summed E-state index contributed by atoms with van der Waals surface area (Å²) in [6.45, 7) is 1.85. The van der Waals surface area contributed by atoms with Gasteiger partial charge in [0.25, 0.3) is 5.91 Å². The number of para-hydroxylation sites is 2. The van der Waals surface area contributed by atoms with Crippen molar-refractivity contribution in [3.8, 4) is 17.2 Å². The number of amidine groups is 1. The first-order valence-corrected chi connectivity index (χ1v) is 13.7. The van der Waals surface area contributed by atoms with Crippen molar-refractivity contribution in [1.29, 1.82) is 0 Å². The van der Waals surface area contributed by atoms with E-state index < -0.39 is 12.1 Å². The Morgan fingerprint density at radius 1 is 1.07 bits per heavy atom. The molecule has 1 aliphatic rings. The number of nitrogens with one attached hydrogen (secondary N) is 1. The van der Waals surface area contributed by atoms with Gasteiger partial charge in [0, 0.05) is 29.2 Å². The van der Waals surface area contributed by atoms with Crippen molar-refractivity contribution in [3.63, 3.8) is 0 Å². The highest BCUT2D eigenvalue weighted by Crippen LogP contribution is 2.39. The van der Waals surface area contributed by atoms with Crippen LogP contribution in [0.15, 0.2) is 82.8 Å². The molecule has 210 valence electrons. The van der Waals surface area contributed by atoms with E-state index in [1.807, 2.05) is 48.7 Å². The third-order valence-corrected chi connectivity index (χ3v) is 7.63. The quantitative estimate of drug-likeness (QED) is 0.228. The van der Waals surface area contributed by atoms with Crippen molar-refractivity contribution >= 4 is 51.5 Å². The summed E-state index contributed by atoms with van der Waals surface area (Å²) in [6, 6.07) is 20.5. The fourth-order valence-electron chi connectivity index (χ4n) is 4.43. The summed E-state index contributed by atoms with van der Waals surface area (Å²) in [6.07, 6.45) is 3.16. The molecule has 1 aromatic heterocycles. The Kier molecular flexibility index (Phi) is 8.30. The standard InChI is InChI=1S/C31H29N3O6S/c1-19(30(36)37)40-28-20(7-6-10-26(28)39-3)17-27-29(35)34(16-15-21-18-32-25-9-5-4-8-24(21)25)31(41-27)33-22-11-13-23(38-2)14-12-22/h4-14,17-19,32H,15-16H2,1-3H3,(H,36,37)/b27-17-,33-31?/t19-/m1/s1. The Bertz CT molecular complexity index is 1640. The number of aromatic amines is 1. The Morgan fingerprint density at radius 2 is 1.85 bits per heavy atom. The van der Waals surface area contributed by atoms with E-state index >= 15 is 0 Å². The van der Waals surface area contributed by atoms with Gasteiger partial charge in [0.1, 0.15) is 5.75 Å². The number of aromatic nitrogens is 1. The minimum atomic E-state index is -1.12. The fraction of sp³-hybridized carbons (Fsp3) is 0.194. The molecule has 0 unspecified atom stereocenters. The zero-order valence-electron chi connectivity index (χ0n) is 22.8. The minimum Gasteiger partial charge on any atom is -0.497 e. The van der Waals surface area contributed by atoms with Gasteiger partial charge in [0.15, 0.2) is 22.8 Å². The lowest BCUT2D eigenvalue weighted by atomic mass is 10.1. The molecule has 41 heavy (non-hydrogen) atoms. The highest BCUT2D eigenvalue weighted by atomic mass is 32.2. The summed E-state index contributed by atoms with van der Waals surface area (Å²) in [5, 5.41) is 11.0. The largest absolute Gasteiger partial charge is 0.497 e. The van der Waals surface area contributed by atoms with Crippen molar-refractivity contribution in [2.75, 3.05) is 20.8 Å². The summed E-state index contributed by atoms with van der Waals surface area (Å²) in [5.41, 5.74) is 3.35. The van der Waals surface area contributed by atoms with Crippen LogP contribution in [-0.4, -0.2) is 58.9 Å². The average Bonchev–Trinajstić information content (AvgIpc) is 3.53. The molecule has 0 aliphatic carbocycles. The maximum atomic E-state index is 13.8. The number of ether oxygens (including phenoxy) is 3. The maximum absolute atomic E-state index is 13.8. The third-order valence-electron chi connectivity index (χ3n) is 6.62. The number of nitrogens with zero attached hydrogens (tertiary/aromatic N) is 2. The van der Waals surface area contributed by atoms with Gasteiger partial charge in [-0.2, -0.15) is 0 Å². The molecular formula is C31H29N3O6S. The van der Waals surface area contributed by atoms with E-state index in [2.05, 4.69) is 11.1 Å². The second kappa shape index (κ2) is 12.2. The van der Waals surface area contributed by atoms with E-state index in [0.29, 0.717) is 45.8 Å². The molecule has 1 fully saturated rings. The number of carbonyl (C=O) groups excluding carboxylic acids is 1. The Morgan fingerprint density at radius 3 is 2.59 bits per heavy atom. The summed E-state index contributed by atoms with van der Waals surface area (Å²) in [7, 11) is 3.08. The van der Waals surface area contributed by atoms with E-state index in [0.717, 1.165) is 16.5 Å². The van der Waals surface area contributed by atoms with E-state index in [1.165, 1.54) is 25.8 Å². The lowest BCUT2D eigenvalue weighted by Crippen LogP contribution is -2.31. The van der Waals surface area contributed by atoms with E-state index in [4.69, 9.17) is 19.2 Å². The fourth-order valence-corrected chi connectivity index (χ4v) is 5.44. The molecule has 2 N–H and O–H groups in total. The highest BCUT2D eigenvalue weighted by molar-refractivity contribution is 8.18. The van der Waals surface area contributed by atoms with E-state index in [9.17, 15) is 14.7 Å². The number of hydrogen-bond donors (Lipinski definition) is 2. The molecule has 3 aromatic carbocycles. The second-order valence-corrected chi connectivity index (χ2v) is 10.3. The minimum absolute atomic E-state index is 0.206. The number of carbonyl (C=O) groups is 2. The summed E-state index contributed by atoms with van der Waals surface area (Å²) >= 11 is 1.25. The average molecular weight is 572 g/mol. The van der Waals surface area contributed by atoms with Crippen LogP contribution in [0.1, 0.15) is 18.1 Å². The highest BCUT2D eigenvalue weighted by Gasteiger charge is 2.34. The number of hydrogen-bond acceptors (Lipinski definition) is 7. The Labute approximate surface area is 241 Å². The normalized spacial score (nSPS) is 16.0. The van der Waals surface area contributed by atoms with Crippen molar-refractivity contribution in [2.45, 2.75) is 19.4 Å². The number of fused-ring (bicyclic) bond motifs is 1. The molecule has 2 heterocycles. The molecular weight excluding hydrogens is 542 g/mol. The molecule has 1 amide bonds. The first kappa shape index (κ1) is 27.9. The number of rotatable bonds is 10. The molecule has 1 aliphatic heterocycles. The Balaban J connectivity index is 1.50. The van der Waals surface area contributed by atoms with Crippen molar-refractivity contribution in [1.82, 2.24) is 9.88 Å². The molecule has 0 bridgehead atoms.